The lowest BCUT2D eigenvalue weighted by Crippen LogP contribution is -2.18. The molecule has 0 unspecified atom stereocenters. The molecule has 1 aromatic carbocycles. The molecule has 0 aliphatic carbocycles. The molecule has 1 aromatic rings. The van der Waals surface area contributed by atoms with Gasteiger partial charge in [0, 0.05) is 18.8 Å². The van der Waals surface area contributed by atoms with E-state index >= 15 is 0 Å². The summed E-state index contributed by atoms with van der Waals surface area (Å²) in [4.78, 5) is 1.96. The Labute approximate surface area is 86.5 Å². The third kappa shape index (κ3) is 2.25. The van der Waals surface area contributed by atoms with Crippen molar-refractivity contribution in [1.82, 2.24) is 0 Å². The monoisotopic (exact) mass is 214 g/mol. The van der Waals surface area contributed by atoms with Crippen LogP contribution in [0.25, 0.3) is 0 Å². The summed E-state index contributed by atoms with van der Waals surface area (Å²) in [5, 5.41) is 0. The fraction of sp³-hybridized carbons (Fsp3) is 0.455. The number of hydrogen-bond acceptors (Lipinski definition) is 1. The zero-order valence-corrected chi connectivity index (χ0v) is 8.14. The van der Waals surface area contributed by atoms with Gasteiger partial charge in [-0.1, -0.05) is 0 Å². The fourth-order valence-electron chi connectivity index (χ4n) is 1.78. The molecule has 1 nitrogen and oxygen atoms in total. The predicted molar refractivity (Wildman–Crippen MR) is 51.7 cm³/mol. The number of nitrogens with zero attached hydrogens (tertiary/aromatic N) is 1. The highest BCUT2D eigenvalue weighted by atomic mass is 19.4. The Bertz CT molecular complexity index is 340. The van der Waals surface area contributed by atoms with Gasteiger partial charge in [-0.15, -0.1) is 0 Å². The summed E-state index contributed by atoms with van der Waals surface area (Å²) >= 11 is 0. The molecule has 2 rings (SSSR count). The Hall–Kier alpha value is -1.19. The second-order valence-corrected chi connectivity index (χ2v) is 3.67. The topological polar surface area (TPSA) is 3.24 Å². The first-order chi connectivity index (χ1) is 7.07. The highest BCUT2D eigenvalue weighted by molar-refractivity contribution is 5.49. The van der Waals surface area contributed by atoms with E-state index < -0.39 is 11.7 Å². The van der Waals surface area contributed by atoms with E-state index in [4.69, 9.17) is 0 Å². The molecule has 1 heterocycles. The summed E-state index contributed by atoms with van der Waals surface area (Å²) in [6, 6.07) is 6.34. The maximum absolute atomic E-state index is 12.4. The second-order valence-electron chi connectivity index (χ2n) is 3.67. The van der Waals surface area contributed by atoms with Crippen LogP contribution in [-0.2, 0) is 6.18 Å². The quantitative estimate of drug-likeness (QED) is 0.694. The van der Waals surface area contributed by atoms with Crippen molar-refractivity contribution in [2.75, 3.05) is 18.0 Å². The molecule has 15 heavy (non-hydrogen) atoms. The number of hydrogen-bond donors (Lipinski definition) is 0. The summed E-state index contributed by atoms with van der Waals surface area (Å²) < 4.78 is 37.2. The van der Waals surface area contributed by atoms with Crippen molar-refractivity contribution in [3.8, 4) is 0 Å². The van der Waals surface area contributed by atoms with E-state index in [0.29, 0.717) is 5.69 Å². The third-order valence-corrected chi connectivity index (χ3v) is 2.57. The molecule has 1 aliphatic heterocycles. The maximum atomic E-state index is 12.4. The molecule has 0 amide bonds. The van der Waals surface area contributed by atoms with Crippen LogP contribution in [0.2, 0.25) is 0 Å². The largest absolute Gasteiger partial charge is 0.416 e. The molecule has 0 saturated carbocycles. The van der Waals surface area contributed by atoms with E-state index in [9.17, 15) is 13.2 Å². The van der Waals surface area contributed by atoms with E-state index in [1.807, 2.05) is 4.90 Å². The van der Waals surface area contributed by atoms with Crippen LogP contribution in [0.1, 0.15) is 18.4 Å². The molecule has 0 atom stereocenters. The standard InChI is InChI=1S/C11H11F3N/c12-11(13,14)9-4-3-5-10(8-9)15-6-1-2-7-15/h4-5,8H,1-2,6-7H2. The molecule has 1 saturated heterocycles. The Morgan fingerprint density at radius 2 is 1.80 bits per heavy atom. The van der Waals surface area contributed by atoms with Crippen molar-refractivity contribution in [3.05, 3.63) is 29.8 Å². The van der Waals surface area contributed by atoms with Crippen LogP contribution in [-0.4, -0.2) is 13.1 Å². The van der Waals surface area contributed by atoms with E-state index in [-0.39, 0.29) is 0 Å². The minimum absolute atomic E-state index is 0.619. The van der Waals surface area contributed by atoms with Gasteiger partial charge in [-0.25, -0.2) is 0 Å². The van der Waals surface area contributed by atoms with E-state index in [1.165, 1.54) is 6.07 Å². The summed E-state index contributed by atoms with van der Waals surface area (Å²) in [5.41, 5.74) is 0.00854. The number of anilines is 1. The maximum Gasteiger partial charge on any atom is 0.416 e. The van der Waals surface area contributed by atoms with Gasteiger partial charge in [-0.2, -0.15) is 13.2 Å². The minimum Gasteiger partial charge on any atom is -0.372 e. The van der Waals surface area contributed by atoms with Gasteiger partial charge in [0.1, 0.15) is 0 Å². The first kappa shape index (κ1) is 10.3. The molecule has 81 valence electrons. The molecule has 4 heteroatoms. The molecule has 0 N–H and O–H groups in total. The zero-order valence-electron chi connectivity index (χ0n) is 8.14. The van der Waals surface area contributed by atoms with Gasteiger partial charge in [0.15, 0.2) is 0 Å². The van der Waals surface area contributed by atoms with Crippen molar-refractivity contribution < 1.29 is 13.2 Å². The molecule has 1 aliphatic rings. The summed E-state index contributed by atoms with van der Waals surface area (Å²) in [6.07, 6.45) is -2.17. The van der Waals surface area contributed by atoms with E-state index in [2.05, 4.69) is 6.07 Å². The summed E-state index contributed by atoms with van der Waals surface area (Å²) in [7, 11) is 0. The molecule has 1 radical (unpaired) electrons. The van der Waals surface area contributed by atoms with Crippen LogP contribution in [0.4, 0.5) is 18.9 Å². The van der Waals surface area contributed by atoms with Crippen LogP contribution < -0.4 is 4.90 Å². The van der Waals surface area contributed by atoms with E-state index in [1.54, 1.807) is 6.07 Å². The molecular weight excluding hydrogens is 203 g/mol. The normalized spacial score (nSPS) is 17.1. The third-order valence-electron chi connectivity index (χ3n) is 2.57. The fourth-order valence-corrected chi connectivity index (χ4v) is 1.78. The van der Waals surface area contributed by atoms with E-state index in [0.717, 1.165) is 32.0 Å². The SMILES string of the molecule is FC(F)(F)c1c[c]cc(N2CCCC2)c1. The summed E-state index contributed by atoms with van der Waals surface area (Å²) in [6.45, 7) is 1.68. The lowest BCUT2D eigenvalue weighted by Gasteiger charge is -2.18. The smallest absolute Gasteiger partial charge is 0.372 e. The van der Waals surface area contributed by atoms with Gasteiger partial charge in [0.2, 0.25) is 0 Å². The molecular formula is C11H11F3N. The number of rotatable bonds is 1. The average molecular weight is 214 g/mol. The van der Waals surface area contributed by atoms with Crippen LogP contribution >= 0.6 is 0 Å². The first-order valence-electron chi connectivity index (χ1n) is 4.91. The molecule has 1 fully saturated rings. The Morgan fingerprint density at radius 1 is 1.13 bits per heavy atom. The Kier molecular flexibility index (Phi) is 2.59. The predicted octanol–water partition coefficient (Wildman–Crippen LogP) is 3.11. The number of halogens is 3. The molecule has 0 bridgehead atoms. The van der Waals surface area contributed by atoms with Gasteiger partial charge in [0.05, 0.1) is 5.56 Å². The number of alkyl halides is 3. The highest BCUT2D eigenvalue weighted by Crippen LogP contribution is 2.32. The molecule has 0 spiro atoms. The highest BCUT2D eigenvalue weighted by Gasteiger charge is 2.31. The van der Waals surface area contributed by atoms with Gasteiger partial charge in [-0.05, 0) is 37.1 Å². The lowest BCUT2D eigenvalue weighted by molar-refractivity contribution is -0.137. The van der Waals surface area contributed by atoms with Crippen molar-refractivity contribution in [2.24, 2.45) is 0 Å². The van der Waals surface area contributed by atoms with Crippen molar-refractivity contribution in [3.63, 3.8) is 0 Å². The zero-order chi connectivity index (χ0) is 10.9. The lowest BCUT2D eigenvalue weighted by atomic mass is 10.2. The minimum atomic E-state index is -4.27. The number of benzene rings is 1. The first-order valence-corrected chi connectivity index (χ1v) is 4.91. The van der Waals surface area contributed by atoms with Crippen LogP contribution in [0, 0.1) is 6.07 Å². The van der Waals surface area contributed by atoms with Gasteiger partial charge >= 0.3 is 6.18 Å². The average Bonchev–Trinajstić information content (AvgIpc) is 2.69. The van der Waals surface area contributed by atoms with Crippen LogP contribution in [0.5, 0.6) is 0 Å². The second kappa shape index (κ2) is 3.76. The Morgan fingerprint density at radius 3 is 2.40 bits per heavy atom. The molecule has 0 aromatic heterocycles. The van der Waals surface area contributed by atoms with Crippen molar-refractivity contribution in [2.45, 2.75) is 19.0 Å². The van der Waals surface area contributed by atoms with Crippen LogP contribution in [0.15, 0.2) is 18.2 Å². The Balaban J connectivity index is 2.26. The van der Waals surface area contributed by atoms with Crippen molar-refractivity contribution >= 4 is 5.69 Å². The summed E-state index contributed by atoms with van der Waals surface area (Å²) in [5.74, 6) is 0. The van der Waals surface area contributed by atoms with Gasteiger partial charge in [-0.3, -0.25) is 0 Å². The van der Waals surface area contributed by atoms with Crippen molar-refractivity contribution in [1.29, 1.82) is 0 Å². The van der Waals surface area contributed by atoms with Gasteiger partial charge in [0.25, 0.3) is 0 Å². The van der Waals surface area contributed by atoms with Crippen LogP contribution in [0.3, 0.4) is 0 Å². The van der Waals surface area contributed by atoms with Gasteiger partial charge < -0.3 is 4.90 Å².